The highest BCUT2D eigenvalue weighted by Gasteiger charge is 2.34. The van der Waals surface area contributed by atoms with Gasteiger partial charge < -0.3 is 5.73 Å². The van der Waals surface area contributed by atoms with Crippen molar-refractivity contribution < 1.29 is 0 Å². The van der Waals surface area contributed by atoms with Crippen LogP contribution in [0, 0.1) is 16.7 Å². The van der Waals surface area contributed by atoms with Crippen LogP contribution in [-0.4, -0.2) is 6.04 Å². The quantitative estimate of drug-likeness (QED) is 0.631. The van der Waals surface area contributed by atoms with Gasteiger partial charge in [0.1, 0.15) is 0 Å². The summed E-state index contributed by atoms with van der Waals surface area (Å²) in [5.74, 6) is 0.788. The zero-order chi connectivity index (χ0) is 11.0. The fourth-order valence-electron chi connectivity index (χ4n) is 3.78. The fraction of sp³-hybridized carbons (Fsp3) is 1.00. The zero-order valence-electron chi connectivity index (χ0n) is 10.6. The van der Waals surface area contributed by atoms with Crippen LogP contribution >= 0.6 is 0 Å². The first kappa shape index (κ1) is 12.0. The normalized spacial score (nSPS) is 37.3. The van der Waals surface area contributed by atoms with Gasteiger partial charge in [-0.15, -0.1) is 0 Å². The number of hydrogen-bond acceptors (Lipinski definition) is 1. The Morgan fingerprint density at radius 1 is 1.00 bits per heavy atom. The van der Waals surface area contributed by atoms with Gasteiger partial charge >= 0.3 is 0 Å². The molecule has 0 heterocycles. The Kier molecular flexibility index (Phi) is 3.30. The Morgan fingerprint density at radius 3 is 2.07 bits per heavy atom. The van der Waals surface area contributed by atoms with Crippen LogP contribution in [0.1, 0.15) is 60.3 Å². The summed E-state index contributed by atoms with van der Waals surface area (Å²) in [5.41, 5.74) is 7.07. The number of nitrogens with two attached hydrogens (primary N) is 1. The standard InChI is InChI=1S/C13H27N/c1-10-6-11(14)8-13(4,5)9-12(2,3)7-10/h10-11H,6-9,14H2,1-5H3. The van der Waals surface area contributed by atoms with Crippen molar-refractivity contribution in [2.75, 3.05) is 0 Å². The van der Waals surface area contributed by atoms with Gasteiger partial charge in [0.15, 0.2) is 0 Å². The van der Waals surface area contributed by atoms with Crippen molar-refractivity contribution in [1.82, 2.24) is 0 Å². The summed E-state index contributed by atoms with van der Waals surface area (Å²) in [6, 6.07) is 0.413. The van der Waals surface area contributed by atoms with Crippen LogP contribution in [0.3, 0.4) is 0 Å². The first-order valence-electron chi connectivity index (χ1n) is 5.96. The van der Waals surface area contributed by atoms with Crippen molar-refractivity contribution in [2.45, 2.75) is 66.3 Å². The average molecular weight is 197 g/mol. The number of rotatable bonds is 0. The number of hydrogen-bond donors (Lipinski definition) is 1. The van der Waals surface area contributed by atoms with E-state index in [1.807, 2.05) is 0 Å². The Hall–Kier alpha value is -0.0400. The van der Waals surface area contributed by atoms with Crippen molar-refractivity contribution in [1.29, 1.82) is 0 Å². The summed E-state index contributed by atoms with van der Waals surface area (Å²) in [6.45, 7) is 11.9. The van der Waals surface area contributed by atoms with Crippen molar-refractivity contribution in [2.24, 2.45) is 22.5 Å². The van der Waals surface area contributed by atoms with Gasteiger partial charge in [0, 0.05) is 6.04 Å². The molecule has 2 unspecified atom stereocenters. The third-order valence-electron chi connectivity index (χ3n) is 3.38. The molecular weight excluding hydrogens is 170 g/mol. The second-order valence-corrected chi connectivity index (χ2v) is 7.01. The maximum absolute atomic E-state index is 6.16. The topological polar surface area (TPSA) is 26.0 Å². The minimum atomic E-state index is 0.413. The lowest BCUT2D eigenvalue weighted by molar-refractivity contribution is 0.114. The van der Waals surface area contributed by atoms with E-state index in [2.05, 4.69) is 34.6 Å². The molecule has 1 aliphatic carbocycles. The van der Waals surface area contributed by atoms with E-state index in [9.17, 15) is 0 Å². The highest BCUT2D eigenvalue weighted by molar-refractivity contribution is 4.87. The summed E-state index contributed by atoms with van der Waals surface area (Å²) in [6.07, 6.45) is 5.01. The molecule has 1 nitrogen and oxygen atoms in total. The first-order chi connectivity index (χ1) is 6.20. The summed E-state index contributed by atoms with van der Waals surface area (Å²) >= 11 is 0. The molecule has 1 aliphatic rings. The molecule has 2 N–H and O–H groups in total. The van der Waals surface area contributed by atoms with Crippen LogP contribution in [0.5, 0.6) is 0 Å². The summed E-state index contributed by atoms with van der Waals surface area (Å²) < 4.78 is 0. The third kappa shape index (κ3) is 3.61. The van der Waals surface area contributed by atoms with Crippen LogP contribution in [0.25, 0.3) is 0 Å². The van der Waals surface area contributed by atoms with Crippen molar-refractivity contribution in [3.8, 4) is 0 Å². The van der Waals surface area contributed by atoms with E-state index >= 15 is 0 Å². The van der Waals surface area contributed by atoms with Gasteiger partial charge in [-0.3, -0.25) is 0 Å². The first-order valence-corrected chi connectivity index (χ1v) is 5.96. The lowest BCUT2D eigenvalue weighted by Gasteiger charge is -2.41. The van der Waals surface area contributed by atoms with Crippen molar-refractivity contribution in [3.05, 3.63) is 0 Å². The Morgan fingerprint density at radius 2 is 1.50 bits per heavy atom. The molecule has 14 heavy (non-hydrogen) atoms. The van der Waals surface area contributed by atoms with E-state index in [0.717, 1.165) is 5.92 Å². The minimum absolute atomic E-state index is 0.413. The van der Waals surface area contributed by atoms with Crippen LogP contribution in [0.15, 0.2) is 0 Å². The van der Waals surface area contributed by atoms with Gasteiger partial charge in [0.25, 0.3) is 0 Å². The van der Waals surface area contributed by atoms with Crippen molar-refractivity contribution in [3.63, 3.8) is 0 Å². The Labute approximate surface area is 89.5 Å². The predicted octanol–water partition coefficient (Wildman–Crippen LogP) is 3.58. The fourth-order valence-corrected chi connectivity index (χ4v) is 3.78. The maximum Gasteiger partial charge on any atom is 0.00464 e. The molecule has 1 rings (SSSR count). The molecule has 0 bridgehead atoms. The van der Waals surface area contributed by atoms with E-state index in [1.54, 1.807) is 0 Å². The van der Waals surface area contributed by atoms with Crippen molar-refractivity contribution >= 4 is 0 Å². The van der Waals surface area contributed by atoms with E-state index in [4.69, 9.17) is 5.73 Å². The molecule has 84 valence electrons. The van der Waals surface area contributed by atoms with E-state index < -0.39 is 0 Å². The molecule has 2 atom stereocenters. The molecular formula is C13H27N. The second-order valence-electron chi connectivity index (χ2n) is 7.01. The van der Waals surface area contributed by atoms with Gasteiger partial charge in [-0.25, -0.2) is 0 Å². The summed E-state index contributed by atoms with van der Waals surface area (Å²) in [4.78, 5) is 0. The molecule has 0 radical (unpaired) electrons. The predicted molar refractivity (Wildman–Crippen MR) is 63.2 cm³/mol. The van der Waals surface area contributed by atoms with E-state index in [-0.39, 0.29) is 0 Å². The Bertz CT molecular complexity index is 173. The largest absolute Gasteiger partial charge is 0.328 e. The highest BCUT2D eigenvalue weighted by atomic mass is 14.6. The maximum atomic E-state index is 6.16. The lowest BCUT2D eigenvalue weighted by atomic mass is 9.65. The van der Waals surface area contributed by atoms with Gasteiger partial charge in [-0.1, -0.05) is 34.6 Å². The summed E-state index contributed by atoms with van der Waals surface area (Å²) in [5, 5.41) is 0. The molecule has 1 saturated carbocycles. The molecule has 0 aromatic heterocycles. The van der Waals surface area contributed by atoms with Crippen LogP contribution < -0.4 is 5.73 Å². The third-order valence-corrected chi connectivity index (χ3v) is 3.38. The molecule has 0 aromatic carbocycles. The van der Waals surface area contributed by atoms with E-state index in [1.165, 1.54) is 25.7 Å². The SMILES string of the molecule is CC1CC(N)CC(C)(C)CC(C)(C)C1. The van der Waals surface area contributed by atoms with Gasteiger partial charge in [0.05, 0.1) is 0 Å². The van der Waals surface area contributed by atoms with Gasteiger partial charge in [-0.2, -0.15) is 0 Å². The average Bonchev–Trinajstić information content (AvgIpc) is 1.74. The molecule has 1 fully saturated rings. The molecule has 0 spiro atoms. The lowest BCUT2D eigenvalue weighted by Crippen LogP contribution is -2.36. The van der Waals surface area contributed by atoms with Gasteiger partial charge in [-0.05, 0) is 42.4 Å². The molecule has 0 amide bonds. The highest BCUT2D eigenvalue weighted by Crippen LogP contribution is 2.43. The monoisotopic (exact) mass is 197 g/mol. The zero-order valence-corrected chi connectivity index (χ0v) is 10.6. The smallest absolute Gasteiger partial charge is 0.00464 e. The van der Waals surface area contributed by atoms with Gasteiger partial charge in [0.2, 0.25) is 0 Å². The van der Waals surface area contributed by atoms with Crippen LogP contribution in [-0.2, 0) is 0 Å². The van der Waals surface area contributed by atoms with Crippen LogP contribution in [0.2, 0.25) is 0 Å². The van der Waals surface area contributed by atoms with Crippen LogP contribution in [0.4, 0.5) is 0 Å². The Balaban J connectivity index is 2.73. The second kappa shape index (κ2) is 3.84. The molecule has 0 saturated heterocycles. The minimum Gasteiger partial charge on any atom is -0.328 e. The molecule has 0 aliphatic heterocycles. The summed E-state index contributed by atoms with van der Waals surface area (Å²) in [7, 11) is 0. The van der Waals surface area contributed by atoms with E-state index in [0.29, 0.717) is 16.9 Å². The molecule has 1 heteroatoms. The molecule has 0 aromatic rings.